The molecule has 4 rings (SSSR count). The van der Waals surface area contributed by atoms with Crippen LogP contribution in [-0.2, 0) is 21.5 Å². The van der Waals surface area contributed by atoms with E-state index in [9.17, 15) is 22.8 Å². The highest BCUT2D eigenvalue weighted by molar-refractivity contribution is 5.89. The number of pyridine rings is 1. The molecule has 9 nitrogen and oxygen atoms in total. The maximum atomic E-state index is 14.2. The molecule has 3 heterocycles. The molecule has 4 aromatic rings. The number of halogens is 3. The third-order valence-corrected chi connectivity index (χ3v) is 5.11. The Kier molecular flexibility index (Phi) is 5.44. The molecule has 0 bridgehead atoms. The van der Waals surface area contributed by atoms with E-state index in [4.69, 9.17) is 4.74 Å². The Balaban J connectivity index is 1.84. The first-order valence-corrected chi connectivity index (χ1v) is 9.64. The fraction of sp³-hybridized carbons (Fsp3) is 0.238. The van der Waals surface area contributed by atoms with Crippen molar-refractivity contribution in [1.29, 1.82) is 0 Å². The number of benzene rings is 1. The van der Waals surface area contributed by atoms with E-state index in [2.05, 4.69) is 25.3 Å². The molecule has 0 aliphatic heterocycles. The number of hydrogen-bond acceptors (Lipinski definition) is 7. The molecule has 0 saturated heterocycles. The average Bonchev–Trinajstić information content (AvgIpc) is 3.13. The van der Waals surface area contributed by atoms with Crippen LogP contribution < -0.4 is 5.56 Å². The third kappa shape index (κ3) is 3.83. The molecule has 0 radical (unpaired) electrons. The predicted octanol–water partition coefficient (Wildman–Crippen LogP) is 2.49. The van der Waals surface area contributed by atoms with Gasteiger partial charge in [-0.1, -0.05) is 12.1 Å². The van der Waals surface area contributed by atoms with Crippen LogP contribution in [0.4, 0.5) is 13.2 Å². The van der Waals surface area contributed by atoms with Gasteiger partial charge in [-0.15, -0.1) is 10.2 Å². The van der Waals surface area contributed by atoms with Crippen molar-refractivity contribution in [2.75, 3.05) is 7.11 Å². The van der Waals surface area contributed by atoms with Gasteiger partial charge in [0.2, 0.25) is 0 Å². The molecule has 170 valence electrons. The van der Waals surface area contributed by atoms with E-state index in [1.165, 1.54) is 37.8 Å². The zero-order valence-electron chi connectivity index (χ0n) is 17.7. The summed E-state index contributed by atoms with van der Waals surface area (Å²) in [4.78, 5) is 31.2. The Morgan fingerprint density at radius 1 is 1.21 bits per heavy atom. The van der Waals surface area contributed by atoms with Gasteiger partial charge in [-0.05, 0) is 26.0 Å². The van der Waals surface area contributed by atoms with Gasteiger partial charge in [-0.25, -0.2) is 22.8 Å². The molecule has 0 spiro atoms. The van der Waals surface area contributed by atoms with Crippen LogP contribution in [0.2, 0.25) is 0 Å². The number of hydrogen-bond donors (Lipinski definition) is 1. The molecule has 1 N–H and O–H groups in total. The van der Waals surface area contributed by atoms with Gasteiger partial charge in [0.05, 0.1) is 25.2 Å². The van der Waals surface area contributed by atoms with Crippen molar-refractivity contribution < 1.29 is 22.7 Å². The summed E-state index contributed by atoms with van der Waals surface area (Å²) < 4.78 is 47.7. The molecule has 12 heteroatoms. The lowest BCUT2D eigenvalue weighted by atomic mass is 9.90. The van der Waals surface area contributed by atoms with E-state index >= 15 is 0 Å². The van der Waals surface area contributed by atoms with Crippen LogP contribution in [0, 0.1) is 17.5 Å². The number of carbonyl (C=O) groups excluding carboxylic acids is 1. The van der Waals surface area contributed by atoms with Crippen molar-refractivity contribution in [2.45, 2.75) is 25.8 Å². The number of rotatable bonds is 5. The molecule has 0 fully saturated rings. The van der Waals surface area contributed by atoms with Gasteiger partial charge in [-0.3, -0.25) is 9.59 Å². The molecule has 1 aromatic carbocycles. The summed E-state index contributed by atoms with van der Waals surface area (Å²) in [6.45, 7) is 2.69. The molecule has 0 aliphatic carbocycles. The Morgan fingerprint density at radius 2 is 1.97 bits per heavy atom. The second-order valence-corrected chi connectivity index (χ2v) is 7.71. The lowest BCUT2D eigenvalue weighted by Crippen LogP contribution is -2.38. The molecular formula is C21H17F3N6O3. The molecule has 0 atom stereocenters. The Bertz CT molecular complexity index is 1450. The lowest BCUT2D eigenvalue weighted by Gasteiger charge is -2.18. The largest absolute Gasteiger partial charge is 0.468 e. The fourth-order valence-corrected chi connectivity index (χ4v) is 3.36. The molecule has 0 unspecified atom stereocenters. The number of nitrogens with zero attached hydrogens (tertiary/aromatic N) is 5. The standard InChI is InChI=1S/C21H17F3N6O3/c1-21(2,20(32)33-3)16-19(31)26-17(28-27-16)15-12-7-11(22)8-25-18(12)30(29-15)9-10-5-4-6-13(23)14(10)24/h4-8H,9H2,1-3H3,(H,26,28,31). The summed E-state index contributed by atoms with van der Waals surface area (Å²) in [7, 11) is 1.18. The van der Waals surface area contributed by atoms with Crippen molar-refractivity contribution >= 4 is 17.0 Å². The zero-order valence-corrected chi connectivity index (χ0v) is 17.7. The Hall–Kier alpha value is -4.09. The smallest absolute Gasteiger partial charge is 0.317 e. The number of fused-ring (bicyclic) bond motifs is 1. The van der Waals surface area contributed by atoms with Crippen LogP contribution in [0.1, 0.15) is 25.1 Å². The highest BCUT2D eigenvalue weighted by Crippen LogP contribution is 2.26. The van der Waals surface area contributed by atoms with E-state index in [1.807, 2.05) is 0 Å². The number of aromatic amines is 1. The highest BCUT2D eigenvalue weighted by Gasteiger charge is 2.36. The number of carbonyl (C=O) groups is 1. The molecule has 33 heavy (non-hydrogen) atoms. The number of methoxy groups -OCH3 is 1. The number of nitrogens with one attached hydrogen (secondary N) is 1. The number of esters is 1. The van der Waals surface area contributed by atoms with E-state index in [1.54, 1.807) is 0 Å². The van der Waals surface area contributed by atoms with Crippen LogP contribution in [-0.4, -0.2) is 43.0 Å². The van der Waals surface area contributed by atoms with Gasteiger partial charge in [0, 0.05) is 5.56 Å². The van der Waals surface area contributed by atoms with E-state index in [-0.39, 0.29) is 40.4 Å². The van der Waals surface area contributed by atoms with Gasteiger partial charge in [0.1, 0.15) is 22.6 Å². The van der Waals surface area contributed by atoms with Gasteiger partial charge in [0.15, 0.2) is 23.1 Å². The lowest BCUT2D eigenvalue weighted by molar-refractivity contribution is -0.146. The van der Waals surface area contributed by atoms with Gasteiger partial charge in [-0.2, -0.15) is 5.10 Å². The second-order valence-electron chi connectivity index (χ2n) is 7.71. The quantitative estimate of drug-likeness (QED) is 0.457. The summed E-state index contributed by atoms with van der Waals surface area (Å²) in [5.41, 5.74) is -2.13. The number of aromatic nitrogens is 6. The minimum atomic E-state index is -1.38. The monoisotopic (exact) mass is 458 g/mol. The van der Waals surface area contributed by atoms with E-state index in [0.717, 1.165) is 18.3 Å². The van der Waals surface area contributed by atoms with Gasteiger partial charge < -0.3 is 9.72 Å². The summed E-state index contributed by atoms with van der Waals surface area (Å²) in [5, 5.41) is 12.3. The first-order valence-electron chi connectivity index (χ1n) is 9.64. The van der Waals surface area contributed by atoms with Crippen molar-refractivity contribution in [3.05, 3.63) is 69.5 Å². The Labute approximate surface area is 184 Å². The minimum Gasteiger partial charge on any atom is -0.468 e. The van der Waals surface area contributed by atoms with Crippen LogP contribution in [0.15, 0.2) is 35.3 Å². The highest BCUT2D eigenvalue weighted by atomic mass is 19.2. The Morgan fingerprint density at radius 3 is 2.67 bits per heavy atom. The van der Waals surface area contributed by atoms with Crippen molar-refractivity contribution in [3.8, 4) is 11.5 Å². The molecule has 0 saturated carbocycles. The normalized spacial score (nSPS) is 11.7. The van der Waals surface area contributed by atoms with Crippen LogP contribution in [0.25, 0.3) is 22.6 Å². The SMILES string of the molecule is COC(=O)C(C)(C)c1nnc(-c2nn(Cc3cccc(F)c3F)c3ncc(F)cc23)[nH]c1=O. The first-order chi connectivity index (χ1) is 15.6. The zero-order chi connectivity index (χ0) is 23.9. The molecule has 3 aromatic heterocycles. The van der Waals surface area contributed by atoms with E-state index in [0.29, 0.717) is 0 Å². The molecular weight excluding hydrogens is 441 g/mol. The van der Waals surface area contributed by atoms with Crippen molar-refractivity contribution in [1.82, 2.24) is 29.9 Å². The number of H-pyrrole nitrogens is 1. The summed E-state index contributed by atoms with van der Waals surface area (Å²) in [5.74, 6) is -3.57. The van der Waals surface area contributed by atoms with Gasteiger partial charge >= 0.3 is 5.97 Å². The summed E-state index contributed by atoms with van der Waals surface area (Å²) >= 11 is 0. The minimum absolute atomic E-state index is 0.00757. The van der Waals surface area contributed by atoms with E-state index < -0.39 is 34.4 Å². The van der Waals surface area contributed by atoms with Gasteiger partial charge in [0.25, 0.3) is 5.56 Å². The summed E-state index contributed by atoms with van der Waals surface area (Å²) in [6, 6.07) is 4.82. The van der Waals surface area contributed by atoms with Crippen LogP contribution >= 0.6 is 0 Å². The van der Waals surface area contributed by atoms with Crippen LogP contribution in [0.3, 0.4) is 0 Å². The predicted molar refractivity (Wildman–Crippen MR) is 110 cm³/mol. The summed E-state index contributed by atoms with van der Waals surface area (Å²) in [6.07, 6.45) is 0.947. The van der Waals surface area contributed by atoms with Crippen LogP contribution in [0.5, 0.6) is 0 Å². The second kappa shape index (κ2) is 8.11. The number of ether oxygens (including phenoxy) is 1. The molecule has 0 amide bonds. The van der Waals surface area contributed by atoms with Crippen molar-refractivity contribution in [2.24, 2.45) is 0 Å². The fourth-order valence-electron chi connectivity index (χ4n) is 3.36. The third-order valence-electron chi connectivity index (χ3n) is 5.11. The van der Waals surface area contributed by atoms with Crippen molar-refractivity contribution in [3.63, 3.8) is 0 Å². The maximum absolute atomic E-state index is 14.2. The topological polar surface area (TPSA) is 116 Å². The molecule has 0 aliphatic rings. The first kappa shape index (κ1) is 22.1. The maximum Gasteiger partial charge on any atom is 0.317 e. The average molecular weight is 458 g/mol.